The summed E-state index contributed by atoms with van der Waals surface area (Å²) in [5, 5.41) is 5.10. The second-order valence-corrected chi connectivity index (χ2v) is 6.72. The van der Waals surface area contributed by atoms with Crippen LogP contribution in [0.1, 0.15) is 5.56 Å². The van der Waals surface area contributed by atoms with Gasteiger partial charge in [-0.15, -0.1) is 11.3 Å². The summed E-state index contributed by atoms with van der Waals surface area (Å²) in [5.41, 5.74) is 0.992. The molecule has 0 aliphatic carbocycles. The lowest BCUT2D eigenvalue weighted by Gasteiger charge is -2.00. The van der Waals surface area contributed by atoms with E-state index in [9.17, 15) is 4.39 Å². The minimum atomic E-state index is -0.299. The lowest BCUT2D eigenvalue weighted by Crippen LogP contribution is -1.75. The van der Waals surface area contributed by atoms with Gasteiger partial charge in [0.05, 0.1) is 0 Å². The zero-order chi connectivity index (χ0) is 16.5. The number of allylic oxidation sites excluding steroid dienone is 4. The first-order valence-electron chi connectivity index (χ1n) is 7.76. The summed E-state index contributed by atoms with van der Waals surface area (Å²) < 4.78 is 15.9. The first-order chi connectivity index (χ1) is 11.8. The van der Waals surface area contributed by atoms with Gasteiger partial charge in [0.15, 0.2) is 0 Å². The lowest BCUT2D eigenvalue weighted by molar-refractivity contribution is 0.668. The molecule has 0 N–H and O–H groups in total. The highest BCUT2D eigenvalue weighted by atomic mass is 32.1. The van der Waals surface area contributed by atoms with Gasteiger partial charge < -0.3 is 0 Å². The predicted molar refractivity (Wildman–Crippen MR) is 105 cm³/mol. The first kappa shape index (κ1) is 14.9. The average Bonchev–Trinajstić information content (AvgIpc) is 2.98. The summed E-state index contributed by atoms with van der Waals surface area (Å²) in [4.78, 5) is 0. The van der Waals surface area contributed by atoms with Crippen LogP contribution in [0.2, 0.25) is 0 Å². The third-order valence-electron chi connectivity index (χ3n) is 4.10. The molecule has 4 rings (SSSR count). The summed E-state index contributed by atoms with van der Waals surface area (Å²) >= 11 is 1.78. The predicted octanol–water partition coefficient (Wildman–Crippen LogP) is 7.26. The molecule has 1 aromatic heterocycles. The fourth-order valence-corrected chi connectivity index (χ4v) is 4.18. The third-order valence-corrected chi connectivity index (χ3v) is 5.22. The Bertz CT molecular complexity index is 1130. The first-order valence-corrected chi connectivity index (χ1v) is 8.58. The van der Waals surface area contributed by atoms with Crippen LogP contribution in [0, 0.1) is 0 Å². The Hall–Kier alpha value is -2.71. The average molecular weight is 330 g/mol. The molecule has 24 heavy (non-hydrogen) atoms. The molecule has 1 heterocycles. The van der Waals surface area contributed by atoms with Crippen molar-refractivity contribution >= 4 is 48.4 Å². The molecule has 0 aliphatic rings. The Morgan fingerprint density at radius 3 is 2.71 bits per heavy atom. The molecular formula is C22H15FS. The normalized spacial score (nSPS) is 12.6. The van der Waals surface area contributed by atoms with Gasteiger partial charge >= 0.3 is 0 Å². The van der Waals surface area contributed by atoms with Gasteiger partial charge in [-0.2, -0.15) is 0 Å². The van der Waals surface area contributed by atoms with Gasteiger partial charge in [-0.3, -0.25) is 0 Å². The largest absolute Gasteiger partial charge is 0.207 e. The quantitative estimate of drug-likeness (QED) is 0.347. The smallest absolute Gasteiger partial charge is 0.123 e. The molecule has 0 amide bonds. The maximum absolute atomic E-state index is 13.5. The van der Waals surface area contributed by atoms with E-state index in [2.05, 4.69) is 55.1 Å². The Kier molecular flexibility index (Phi) is 3.75. The summed E-state index contributed by atoms with van der Waals surface area (Å²) in [5.74, 6) is -0.299. The van der Waals surface area contributed by atoms with Gasteiger partial charge in [-0.25, -0.2) is 4.39 Å². The third kappa shape index (κ3) is 2.55. The molecule has 0 unspecified atom stereocenters. The number of benzene rings is 3. The van der Waals surface area contributed by atoms with Crippen molar-refractivity contribution in [3.05, 3.63) is 90.8 Å². The Balaban J connectivity index is 1.89. The van der Waals surface area contributed by atoms with Crippen molar-refractivity contribution in [3.63, 3.8) is 0 Å². The zero-order valence-corrected chi connectivity index (χ0v) is 13.8. The standard InChI is InChI=1S/C22H15FS/c1-2-5-17(23)11-8-15-9-12-19-21(14-15)24-20-13-10-16-6-3-4-7-18(16)22(19)20/h2-14H,1H2/b11-8-,17-5+. The summed E-state index contributed by atoms with van der Waals surface area (Å²) in [7, 11) is 0. The molecule has 0 radical (unpaired) electrons. The van der Waals surface area contributed by atoms with Crippen LogP contribution >= 0.6 is 11.3 Å². The fourth-order valence-electron chi connectivity index (χ4n) is 3.01. The number of hydrogen-bond acceptors (Lipinski definition) is 1. The second-order valence-electron chi connectivity index (χ2n) is 5.64. The van der Waals surface area contributed by atoms with Crippen molar-refractivity contribution in [1.82, 2.24) is 0 Å². The summed E-state index contributed by atoms with van der Waals surface area (Å²) in [6, 6.07) is 19.1. The van der Waals surface area contributed by atoms with Crippen LogP contribution in [0.5, 0.6) is 0 Å². The number of halogens is 1. The Morgan fingerprint density at radius 1 is 0.958 bits per heavy atom. The van der Waals surface area contributed by atoms with E-state index in [0.717, 1.165) is 5.56 Å². The molecule has 0 fully saturated rings. The zero-order valence-electron chi connectivity index (χ0n) is 13.0. The van der Waals surface area contributed by atoms with Crippen molar-refractivity contribution in [2.45, 2.75) is 0 Å². The van der Waals surface area contributed by atoms with Crippen molar-refractivity contribution in [1.29, 1.82) is 0 Å². The van der Waals surface area contributed by atoms with E-state index in [-0.39, 0.29) is 5.83 Å². The number of thiophene rings is 1. The van der Waals surface area contributed by atoms with Crippen LogP contribution in [-0.4, -0.2) is 0 Å². The molecular weight excluding hydrogens is 315 g/mol. The van der Waals surface area contributed by atoms with Gasteiger partial charge in [0.25, 0.3) is 0 Å². The van der Waals surface area contributed by atoms with E-state index in [0.29, 0.717) is 0 Å². The van der Waals surface area contributed by atoms with Gasteiger partial charge in [-0.1, -0.05) is 61.2 Å². The minimum absolute atomic E-state index is 0.299. The molecule has 0 saturated heterocycles. The molecule has 0 saturated carbocycles. The van der Waals surface area contributed by atoms with E-state index in [1.54, 1.807) is 17.4 Å². The number of fused-ring (bicyclic) bond motifs is 5. The molecule has 0 spiro atoms. The molecule has 0 aliphatic heterocycles. The lowest BCUT2D eigenvalue weighted by atomic mass is 10.0. The highest BCUT2D eigenvalue weighted by molar-refractivity contribution is 7.26. The molecule has 4 aromatic rings. The van der Waals surface area contributed by atoms with Crippen molar-refractivity contribution in [2.24, 2.45) is 0 Å². The van der Waals surface area contributed by atoms with Crippen molar-refractivity contribution in [3.8, 4) is 0 Å². The minimum Gasteiger partial charge on any atom is -0.207 e. The SMILES string of the molecule is C=C/C=C(F)\C=C/c1ccc2c(c1)sc1ccc3ccccc3c12. The van der Waals surface area contributed by atoms with E-state index in [1.165, 1.54) is 49.2 Å². The highest BCUT2D eigenvalue weighted by Crippen LogP contribution is 2.38. The van der Waals surface area contributed by atoms with Crippen molar-refractivity contribution < 1.29 is 4.39 Å². The van der Waals surface area contributed by atoms with Gasteiger partial charge in [-0.05, 0) is 40.6 Å². The molecule has 0 bridgehead atoms. The maximum atomic E-state index is 13.5. The molecule has 116 valence electrons. The number of hydrogen-bond donors (Lipinski definition) is 0. The van der Waals surface area contributed by atoms with E-state index in [4.69, 9.17) is 0 Å². The van der Waals surface area contributed by atoms with Crippen LogP contribution in [0.25, 0.3) is 37.0 Å². The van der Waals surface area contributed by atoms with Gasteiger partial charge in [0.1, 0.15) is 5.83 Å². The van der Waals surface area contributed by atoms with Crippen LogP contribution in [0.3, 0.4) is 0 Å². The Morgan fingerprint density at radius 2 is 1.83 bits per heavy atom. The highest BCUT2D eigenvalue weighted by Gasteiger charge is 2.08. The number of rotatable bonds is 3. The van der Waals surface area contributed by atoms with E-state index in [1.807, 2.05) is 6.07 Å². The Labute approximate surface area is 143 Å². The molecule has 3 aromatic carbocycles. The van der Waals surface area contributed by atoms with Gasteiger partial charge in [0, 0.05) is 20.2 Å². The molecule has 0 atom stereocenters. The van der Waals surface area contributed by atoms with Crippen LogP contribution < -0.4 is 0 Å². The van der Waals surface area contributed by atoms with E-state index < -0.39 is 0 Å². The topological polar surface area (TPSA) is 0 Å². The monoisotopic (exact) mass is 330 g/mol. The van der Waals surface area contributed by atoms with Crippen LogP contribution in [-0.2, 0) is 0 Å². The van der Waals surface area contributed by atoms with Crippen LogP contribution in [0.4, 0.5) is 4.39 Å². The molecule has 2 heteroatoms. The van der Waals surface area contributed by atoms with Crippen LogP contribution in [0.15, 0.2) is 85.2 Å². The van der Waals surface area contributed by atoms with E-state index >= 15 is 0 Å². The molecule has 0 nitrogen and oxygen atoms in total. The van der Waals surface area contributed by atoms with Gasteiger partial charge in [0.2, 0.25) is 0 Å². The maximum Gasteiger partial charge on any atom is 0.123 e. The summed E-state index contributed by atoms with van der Waals surface area (Å²) in [6.45, 7) is 3.50. The summed E-state index contributed by atoms with van der Waals surface area (Å²) in [6.07, 6.45) is 6.05. The van der Waals surface area contributed by atoms with Crippen molar-refractivity contribution in [2.75, 3.05) is 0 Å². The second kappa shape index (κ2) is 6.06. The fraction of sp³-hybridized carbons (Fsp3) is 0.